The number of sulfonamides is 1. The molecule has 0 spiro atoms. The van der Waals surface area contributed by atoms with Gasteiger partial charge in [0.25, 0.3) is 0 Å². The molecular weight excluding hydrogens is 447 g/mol. The first-order valence-electron chi connectivity index (χ1n) is 10.3. The number of aromatic nitrogens is 2. The van der Waals surface area contributed by atoms with Crippen LogP contribution in [0.25, 0.3) is 0 Å². The van der Waals surface area contributed by atoms with Crippen molar-refractivity contribution in [1.82, 2.24) is 14.3 Å². The molecule has 1 atom stereocenters. The predicted octanol–water partition coefficient (Wildman–Crippen LogP) is 2.26. The van der Waals surface area contributed by atoms with E-state index in [2.05, 4.69) is 15.3 Å². The molecule has 174 valence electrons. The lowest BCUT2D eigenvalue weighted by Crippen LogP contribution is -2.49. The van der Waals surface area contributed by atoms with Crippen molar-refractivity contribution < 1.29 is 26.7 Å². The van der Waals surface area contributed by atoms with E-state index in [1.807, 2.05) is 4.90 Å². The monoisotopic (exact) mass is 471 g/mol. The molecule has 2 N–H and O–H groups in total. The van der Waals surface area contributed by atoms with Gasteiger partial charge in [0.05, 0.1) is 16.9 Å². The summed E-state index contributed by atoms with van der Waals surface area (Å²) in [6, 6.07) is 6.06. The molecule has 4 rings (SSSR count). The Labute approximate surface area is 184 Å². The number of aliphatic hydroxyl groups excluding tert-OH is 1. The summed E-state index contributed by atoms with van der Waals surface area (Å²) in [5.74, 6) is 1.09. The number of alkyl halides is 3. The number of nitrogens with one attached hydrogen (secondary N) is 1. The van der Waals surface area contributed by atoms with Gasteiger partial charge in [-0.1, -0.05) is 12.1 Å². The fourth-order valence-electron chi connectivity index (χ4n) is 3.58. The highest BCUT2D eigenvalue weighted by Gasteiger charge is 2.41. The van der Waals surface area contributed by atoms with Gasteiger partial charge in [-0.3, -0.25) is 0 Å². The zero-order valence-electron chi connectivity index (χ0n) is 17.2. The summed E-state index contributed by atoms with van der Waals surface area (Å²) in [6.45, 7) is 1.87. The summed E-state index contributed by atoms with van der Waals surface area (Å²) < 4.78 is 64.3. The maximum Gasteiger partial charge on any atom is 0.416 e. The highest BCUT2D eigenvalue weighted by molar-refractivity contribution is 7.90. The standard InChI is InChI=1S/C20H24F3N5O3S/c21-20(22,23)15-3-1-14(2-4-15)17(29)12-24-18-11-19(26-13-25-18)27-7-9-28(10-8-27)32(30,31)16-5-6-16/h1-4,11,13,16-17,29H,5-10,12H2,(H,24,25,26). The average molecular weight is 472 g/mol. The molecule has 1 saturated carbocycles. The van der Waals surface area contributed by atoms with Gasteiger partial charge in [0.2, 0.25) is 10.0 Å². The molecule has 2 aliphatic rings. The summed E-state index contributed by atoms with van der Waals surface area (Å²) in [5, 5.41) is 13.0. The number of nitrogens with zero attached hydrogens (tertiary/aromatic N) is 4. The van der Waals surface area contributed by atoms with Gasteiger partial charge in [-0.2, -0.15) is 17.5 Å². The lowest BCUT2D eigenvalue weighted by Gasteiger charge is -2.34. The van der Waals surface area contributed by atoms with Crippen LogP contribution >= 0.6 is 0 Å². The van der Waals surface area contributed by atoms with Crippen LogP contribution in [0.5, 0.6) is 0 Å². The highest BCUT2D eigenvalue weighted by atomic mass is 32.2. The molecule has 2 fully saturated rings. The van der Waals surface area contributed by atoms with Crippen molar-refractivity contribution in [2.75, 3.05) is 42.9 Å². The zero-order chi connectivity index (χ0) is 22.9. The van der Waals surface area contributed by atoms with E-state index in [-0.39, 0.29) is 11.8 Å². The van der Waals surface area contributed by atoms with Crippen LogP contribution in [0.3, 0.4) is 0 Å². The first kappa shape index (κ1) is 22.7. The molecule has 0 bridgehead atoms. The van der Waals surface area contributed by atoms with Crippen molar-refractivity contribution in [2.45, 2.75) is 30.4 Å². The van der Waals surface area contributed by atoms with Crippen molar-refractivity contribution in [1.29, 1.82) is 0 Å². The molecule has 8 nitrogen and oxygen atoms in total. The van der Waals surface area contributed by atoms with Crippen molar-refractivity contribution in [2.24, 2.45) is 0 Å². The lowest BCUT2D eigenvalue weighted by atomic mass is 10.1. The highest BCUT2D eigenvalue weighted by Crippen LogP contribution is 2.32. The second-order valence-electron chi connectivity index (χ2n) is 7.91. The molecule has 12 heteroatoms. The number of rotatable bonds is 7. The molecule has 0 radical (unpaired) electrons. The summed E-state index contributed by atoms with van der Waals surface area (Å²) >= 11 is 0. The Kier molecular flexibility index (Phi) is 6.28. The van der Waals surface area contributed by atoms with Crippen LogP contribution in [0.15, 0.2) is 36.7 Å². The predicted molar refractivity (Wildman–Crippen MR) is 113 cm³/mol. The average Bonchev–Trinajstić information content (AvgIpc) is 3.63. The third-order valence-electron chi connectivity index (χ3n) is 5.62. The quantitative estimate of drug-likeness (QED) is 0.639. The van der Waals surface area contributed by atoms with E-state index >= 15 is 0 Å². The zero-order valence-corrected chi connectivity index (χ0v) is 18.0. The van der Waals surface area contributed by atoms with Gasteiger partial charge in [0.1, 0.15) is 18.0 Å². The topological polar surface area (TPSA) is 98.7 Å². The first-order chi connectivity index (χ1) is 15.1. The fraction of sp³-hybridized carbons (Fsp3) is 0.500. The normalized spacial score (nSPS) is 19.1. The van der Waals surface area contributed by atoms with Gasteiger partial charge in [0, 0.05) is 38.8 Å². The van der Waals surface area contributed by atoms with E-state index in [0.29, 0.717) is 43.4 Å². The Morgan fingerprint density at radius 3 is 2.34 bits per heavy atom. The maximum absolute atomic E-state index is 12.7. The van der Waals surface area contributed by atoms with E-state index < -0.39 is 27.9 Å². The summed E-state index contributed by atoms with van der Waals surface area (Å²) in [6.07, 6.45) is -2.60. The van der Waals surface area contributed by atoms with Crippen LogP contribution < -0.4 is 10.2 Å². The third kappa shape index (κ3) is 5.13. The molecule has 2 aromatic rings. The van der Waals surface area contributed by atoms with Gasteiger partial charge in [-0.25, -0.2) is 18.4 Å². The van der Waals surface area contributed by atoms with E-state index in [0.717, 1.165) is 25.0 Å². The van der Waals surface area contributed by atoms with Gasteiger partial charge in [0.15, 0.2) is 0 Å². The number of hydrogen-bond acceptors (Lipinski definition) is 7. The van der Waals surface area contributed by atoms with Crippen LogP contribution in [0.1, 0.15) is 30.1 Å². The minimum atomic E-state index is -4.42. The molecule has 1 aliphatic carbocycles. The smallest absolute Gasteiger partial charge is 0.387 e. The van der Waals surface area contributed by atoms with E-state index in [1.54, 1.807) is 10.4 Å². The van der Waals surface area contributed by atoms with Crippen molar-refractivity contribution in [3.8, 4) is 0 Å². The van der Waals surface area contributed by atoms with Crippen LogP contribution in [-0.4, -0.2) is 65.8 Å². The fourth-order valence-corrected chi connectivity index (χ4v) is 5.40. The SMILES string of the molecule is O=S(=O)(C1CC1)N1CCN(c2cc(NCC(O)c3ccc(C(F)(F)F)cc3)ncn2)CC1. The first-order valence-corrected chi connectivity index (χ1v) is 11.8. The number of aliphatic hydroxyl groups is 1. The second-order valence-corrected chi connectivity index (χ2v) is 10.1. The number of anilines is 2. The molecule has 1 aromatic carbocycles. The molecule has 1 aliphatic heterocycles. The molecule has 1 saturated heterocycles. The van der Waals surface area contributed by atoms with Crippen LogP contribution in [0.4, 0.5) is 24.8 Å². The summed E-state index contributed by atoms with van der Waals surface area (Å²) in [7, 11) is -3.19. The van der Waals surface area contributed by atoms with Crippen molar-refractivity contribution in [3.63, 3.8) is 0 Å². The molecule has 32 heavy (non-hydrogen) atoms. The Balaban J connectivity index is 1.32. The van der Waals surface area contributed by atoms with Gasteiger partial charge in [-0.15, -0.1) is 0 Å². The number of hydrogen-bond donors (Lipinski definition) is 2. The van der Waals surface area contributed by atoms with Gasteiger partial charge in [-0.05, 0) is 30.5 Å². The van der Waals surface area contributed by atoms with E-state index in [1.165, 1.54) is 18.5 Å². The van der Waals surface area contributed by atoms with Gasteiger partial charge >= 0.3 is 6.18 Å². The lowest BCUT2D eigenvalue weighted by molar-refractivity contribution is -0.137. The minimum absolute atomic E-state index is 0.0508. The Bertz CT molecular complexity index is 1040. The van der Waals surface area contributed by atoms with Crippen molar-refractivity contribution in [3.05, 3.63) is 47.8 Å². The number of benzene rings is 1. The third-order valence-corrected chi connectivity index (χ3v) is 8.02. The van der Waals surface area contributed by atoms with Crippen LogP contribution in [0, 0.1) is 0 Å². The summed E-state index contributed by atoms with van der Waals surface area (Å²) in [4.78, 5) is 10.3. The Hall–Kier alpha value is -2.44. The Morgan fingerprint density at radius 1 is 1.09 bits per heavy atom. The van der Waals surface area contributed by atoms with E-state index in [4.69, 9.17) is 0 Å². The van der Waals surface area contributed by atoms with Crippen LogP contribution in [0.2, 0.25) is 0 Å². The van der Waals surface area contributed by atoms with E-state index in [9.17, 15) is 26.7 Å². The Morgan fingerprint density at radius 2 is 1.75 bits per heavy atom. The summed E-state index contributed by atoms with van der Waals surface area (Å²) in [5.41, 5.74) is -0.417. The molecule has 1 aromatic heterocycles. The molecular formula is C20H24F3N5O3S. The number of piperazine rings is 1. The minimum Gasteiger partial charge on any atom is -0.387 e. The van der Waals surface area contributed by atoms with Crippen molar-refractivity contribution >= 4 is 21.7 Å². The second kappa shape index (κ2) is 8.83. The largest absolute Gasteiger partial charge is 0.416 e. The molecule has 2 heterocycles. The van der Waals surface area contributed by atoms with Gasteiger partial charge < -0.3 is 15.3 Å². The maximum atomic E-state index is 12.7. The molecule has 1 unspecified atom stereocenters. The van der Waals surface area contributed by atoms with Crippen LogP contribution in [-0.2, 0) is 16.2 Å². The number of halogens is 3. The molecule has 0 amide bonds.